The van der Waals surface area contributed by atoms with E-state index < -0.39 is 0 Å². The van der Waals surface area contributed by atoms with E-state index >= 15 is 0 Å². The van der Waals surface area contributed by atoms with Gasteiger partial charge in [0.2, 0.25) is 0 Å². The second kappa shape index (κ2) is 9.18. The number of hydrogen-bond donors (Lipinski definition) is 3. The van der Waals surface area contributed by atoms with E-state index in [4.69, 9.17) is 0 Å². The zero-order valence-electron chi connectivity index (χ0n) is 14.9. The Bertz CT molecular complexity index is 831. The second-order valence-electron chi connectivity index (χ2n) is 5.55. The summed E-state index contributed by atoms with van der Waals surface area (Å²) in [6.07, 6.45) is 10.1. The molecule has 2 aromatic rings. The summed E-state index contributed by atoms with van der Waals surface area (Å²) in [5.74, 6) is 0.610. The van der Waals surface area contributed by atoms with Gasteiger partial charge in [0.05, 0.1) is 5.52 Å². The maximum atomic E-state index is 12.6. The van der Waals surface area contributed by atoms with Crippen LogP contribution in [0.25, 0.3) is 17.0 Å². The van der Waals surface area contributed by atoms with Crippen molar-refractivity contribution >= 4 is 35.6 Å². The molecule has 1 heterocycles. The van der Waals surface area contributed by atoms with Gasteiger partial charge in [-0.3, -0.25) is 4.57 Å². The smallest absolute Gasteiger partial charge is 0.326 e. The van der Waals surface area contributed by atoms with Gasteiger partial charge < -0.3 is 10.6 Å². The number of para-hydroxylation sites is 1. The summed E-state index contributed by atoms with van der Waals surface area (Å²) in [7, 11) is 1.87. The average Bonchev–Trinajstić information content (AvgIpc) is 2.91. The topological polar surface area (TPSA) is 46.1 Å². The van der Waals surface area contributed by atoms with E-state index in [2.05, 4.69) is 35.4 Å². The van der Waals surface area contributed by atoms with Gasteiger partial charge in [0, 0.05) is 36.0 Å². The number of nitrogens with one attached hydrogen (secondary N) is 2. The summed E-state index contributed by atoms with van der Waals surface area (Å²) in [5.41, 5.74) is 3.96. The third-order valence-electron chi connectivity index (χ3n) is 3.97. The van der Waals surface area contributed by atoms with Crippen LogP contribution in [0.15, 0.2) is 54.3 Å². The zero-order valence-corrected chi connectivity index (χ0v) is 15.8. The van der Waals surface area contributed by atoms with Crippen LogP contribution in [0.2, 0.25) is 0 Å². The maximum absolute atomic E-state index is 12.6. The van der Waals surface area contributed by atoms with Crippen molar-refractivity contribution in [1.29, 1.82) is 0 Å². The van der Waals surface area contributed by atoms with Crippen molar-refractivity contribution in [2.24, 2.45) is 0 Å². The largest absolute Gasteiger partial charge is 0.394 e. The molecule has 1 amide bonds. The highest BCUT2D eigenvalue weighted by Gasteiger charge is 2.16. The molecule has 0 atom stereocenters. The Morgan fingerprint density at radius 2 is 2.04 bits per heavy atom. The lowest BCUT2D eigenvalue weighted by Crippen LogP contribution is -2.30. The van der Waals surface area contributed by atoms with Gasteiger partial charge in [0.15, 0.2) is 0 Å². The molecule has 0 aliphatic carbocycles. The van der Waals surface area contributed by atoms with Gasteiger partial charge >= 0.3 is 6.03 Å². The summed E-state index contributed by atoms with van der Waals surface area (Å²) in [6.45, 7) is 4.51. The molecule has 5 heteroatoms. The van der Waals surface area contributed by atoms with Crippen molar-refractivity contribution in [1.82, 2.24) is 15.2 Å². The lowest BCUT2D eigenvalue weighted by Gasteiger charge is -2.08. The first-order chi connectivity index (χ1) is 12.1. The Hall–Kier alpha value is -2.40. The Morgan fingerprint density at radius 3 is 2.72 bits per heavy atom. The summed E-state index contributed by atoms with van der Waals surface area (Å²) >= 11 is 4.15. The van der Waals surface area contributed by atoms with Crippen molar-refractivity contribution in [3.8, 4) is 0 Å². The van der Waals surface area contributed by atoms with Crippen LogP contribution in [0.1, 0.15) is 18.2 Å². The van der Waals surface area contributed by atoms with E-state index in [1.807, 2.05) is 63.5 Å². The Kier molecular flexibility index (Phi) is 6.95. The molecule has 2 rings (SSSR count). The molecule has 0 saturated carbocycles. The molecule has 1 aromatic heterocycles. The number of thiol groups is 1. The molecule has 0 aliphatic heterocycles. The number of benzene rings is 1. The number of amides is 1. The lowest BCUT2D eigenvalue weighted by molar-refractivity contribution is 0.243. The number of hydrogen-bond acceptors (Lipinski definition) is 3. The standard InChI is InChI=1S/C20H25N3OS/c1-4-16(11-12-21-3)9-10-17-15(2)23(20(24)22-13-14-25)19-8-6-5-7-18(17)19/h4-12,21,25H,13-14H2,1-3H3,(H,22,24)/b10-9+,12-11-,16-4-. The maximum Gasteiger partial charge on any atom is 0.326 e. The molecule has 0 saturated heterocycles. The van der Waals surface area contributed by atoms with Crippen LogP contribution < -0.4 is 10.6 Å². The average molecular weight is 356 g/mol. The number of nitrogens with zero attached hydrogens (tertiary/aromatic N) is 1. The van der Waals surface area contributed by atoms with Crippen LogP contribution in [-0.4, -0.2) is 29.9 Å². The van der Waals surface area contributed by atoms with Gasteiger partial charge in [-0.05, 0) is 37.8 Å². The highest BCUT2D eigenvalue weighted by Crippen LogP contribution is 2.27. The molecule has 0 bridgehead atoms. The SMILES string of the molecule is C/C=C(\C=C/NC)/C=C/c1c(C)n(C(=O)NCCS)c2ccccc12. The highest BCUT2D eigenvalue weighted by atomic mass is 32.1. The molecule has 0 fully saturated rings. The fraction of sp³-hybridized carbons (Fsp3) is 0.250. The van der Waals surface area contributed by atoms with Crippen molar-refractivity contribution < 1.29 is 4.79 Å². The fourth-order valence-corrected chi connectivity index (χ4v) is 2.83. The van der Waals surface area contributed by atoms with E-state index in [1.54, 1.807) is 4.57 Å². The molecule has 25 heavy (non-hydrogen) atoms. The third kappa shape index (κ3) is 4.37. The first-order valence-corrected chi connectivity index (χ1v) is 8.94. The normalized spacial score (nSPS) is 12.4. The third-order valence-corrected chi connectivity index (χ3v) is 4.19. The van der Waals surface area contributed by atoms with Crippen LogP contribution in [0, 0.1) is 6.92 Å². The summed E-state index contributed by atoms with van der Waals surface area (Å²) in [5, 5.41) is 6.94. The van der Waals surface area contributed by atoms with Crippen LogP contribution in [0.3, 0.4) is 0 Å². The van der Waals surface area contributed by atoms with E-state index in [0.29, 0.717) is 12.3 Å². The quantitative estimate of drug-likeness (QED) is 0.539. The zero-order chi connectivity index (χ0) is 18.2. The van der Waals surface area contributed by atoms with Gasteiger partial charge in [-0.2, -0.15) is 12.6 Å². The van der Waals surface area contributed by atoms with E-state index in [9.17, 15) is 4.79 Å². The lowest BCUT2D eigenvalue weighted by atomic mass is 10.1. The van der Waals surface area contributed by atoms with E-state index in [0.717, 1.165) is 27.7 Å². The molecule has 0 radical (unpaired) electrons. The predicted molar refractivity (Wildman–Crippen MR) is 110 cm³/mol. The monoisotopic (exact) mass is 355 g/mol. The molecule has 4 nitrogen and oxygen atoms in total. The molecular formula is C20H25N3OS. The summed E-state index contributed by atoms with van der Waals surface area (Å²) in [6, 6.07) is 7.83. The van der Waals surface area contributed by atoms with Gasteiger partial charge in [-0.25, -0.2) is 4.79 Å². The van der Waals surface area contributed by atoms with E-state index in [1.165, 1.54) is 0 Å². The fourth-order valence-electron chi connectivity index (χ4n) is 2.71. The molecule has 1 aromatic carbocycles. The van der Waals surface area contributed by atoms with Crippen LogP contribution in [0.4, 0.5) is 4.79 Å². The van der Waals surface area contributed by atoms with Crippen molar-refractivity contribution in [3.63, 3.8) is 0 Å². The number of allylic oxidation sites excluding steroid dienone is 4. The van der Waals surface area contributed by atoms with Crippen LogP contribution in [0.5, 0.6) is 0 Å². The van der Waals surface area contributed by atoms with Crippen molar-refractivity contribution in [3.05, 3.63) is 65.5 Å². The molecule has 0 spiro atoms. The summed E-state index contributed by atoms with van der Waals surface area (Å²) in [4.78, 5) is 12.6. The number of rotatable bonds is 6. The molecule has 0 unspecified atom stereocenters. The highest BCUT2D eigenvalue weighted by molar-refractivity contribution is 7.80. The van der Waals surface area contributed by atoms with Gasteiger partial charge in [-0.15, -0.1) is 0 Å². The molecule has 0 aliphatic rings. The molecule has 132 valence electrons. The van der Waals surface area contributed by atoms with Crippen molar-refractivity contribution in [2.45, 2.75) is 13.8 Å². The van der Waals surface area contributed by atoms with Crippen molar-refractivity contribution in [2.75, 3.05) is 19.3 Å². The Morgan fingerprint density at radius 1 is 1.28 bits per heavy atom. The predicted octanol–water partition coefficient (Wildman–Crippen LogP) is 4.13. The van der Waals surface area contributed by atoms with Crippen LogP contribution in [-0.2, 0) is 0 Å². The molecule has 2 N–H and O–H groups in total. The Balaban J connectivity index is 2.49. The number of aromatic nitrogens is 1. The first kappa shape index (κ1) is 18.9. The molecular weight excluding hydrogens is 330 g/mol. The number of fused-ring (bicyclic) bond motifs is 1. The van der Waals surface area contributed by atoms with Crippen LogP contribution >= 0.6 is 12.6 Å². The van der Waals surface area contributed by atoms with Gasteiger partial charge in [-0.1, -0.05) is 36.4 Å². The first-order valence-electron chi connectivity index (χ1n) is 8.31. The summed E-state index contributed by atoms with van der Waals surface area (Å²) < 4.78 is 1.73. The second-order valence-corrected chi connectivity index (χ2v) is 6.00. The van der Waals surface area contributed by atoms with E-state index in [-0.39, 0.29) is 6.03 Å². The minimum absolute atomic E-state index is 0.122. The number of carbonyl (C=O) groups excluding carboxylic acids is 1. The number of carbonyl (C=O) groups is 1. The van der Waals surface area contributed by atoms with Gasteiger partial charge in [0.1, 0.15) is 0 Å². The minimum atomic E-state index is -0.122. The minimum Gasteiger partial charge on any atom is -0.394 e. The Labute approximate surface area is 154 Å². The van der Waals surface area contributed by atoms with Gasteiger partial charge in [0.25, 0.3) is 0 Å².